The van der Waals surface area contributed by atoms with Crippen LogP contribution >= 0.6 is 0 Å². The van der Waals surface area contributed by atoms with E-state index in [4.69, 9.17) is 4.42 Å². The van der Waals surface area contributed by atoms with E-state index in [1.807, 2.05) is 17.0 Å². The highest BCUT2D eigenvalue weighted by Gasteiger charge is 2.30. The van der Waals surface area contributed by atoms with Crippen molar-refractivity contribution in [1.82, 2.24) is 19.7 Å². The minimum Gasteiger partial charge on any atom is -0.507 e. The van der Waals surface area contributed by atoms with Crippen LogP contribution in [0.1, 0.15) is 38.0 Å². The number of likely N-dealkylation sites (tertiary alicyclic amines) is 2. The highest BCUT2D eigenvalue weighted by Crippen LogP contribution is 2.33. The predicted octanol–water partition coefficient (Wildman–Crippen LogP) is 2.48. The number of hydrogen-bond donors (Lipinski definition) is 1. The van der Waals surface area contributed by atoms with Crippen molar-refractivity contribution in [2.45, 2.75) is 45.1 Å². The Morgan fingerprint density at radius 3 is 2.54 bits per heavy atom. The molecule has 1 aromatic carbocycles. The van der Waals surface area contributed by atoms with Crippen LogP contribution in [-0.4, -0.2) is 95.0 Å². The van der Waals surface area contributed by atoms with Crippen LogP contribution in [0.25, 0.3) is 11.3 Å². The Bertz CT molecular complexity index is 1060. The summed E-state index contributed by atoms with van der Waals surface area (Å²) < 4.78 is 5.53. The number of phenols is 1. The number of piperidine rings is 1. The minimum atomic E-state index is 0.00535. The third-order valence-corrected chi connectivity index (χ3v) is 7.62. The van der Waals surface area contributed by atoms with Gasteiger partial charge in [0.1, 0.15) is 5.75 Å². The minimum absolute atomic E-state index is 0.00535. The molecule has 188 valence electrons. The first-order chi connectivity index (χ1) is 17.0. The highest BCUT2D eigenvalue weighted by atomic mass is 16.4. The summed E-state index contributed by atoms with van der Waals surface area (Å²) >= 11 is 0. The maximum atomic E-state index is 13.0. The molecule has 1 N–H and O–H groups in total. The van der Waals surface area contributed by atoms with Crippen molar-refractivity contribution in [3.05, 3.63) is 30.3 Å². The fraction of sp³-hybridized carbons (Fsp3) is 0.577. The number of benzene rings is 1. The molecule has 0 unspecified atom stereocenters. The first-order valence-corrected chi connectivity index (χ1v) is 12.8. The number of phenolic OH excluding ortho intramolecular Hbond substituents is 1. The molecule has 0 aliphatic carbocycles. The first kappa shape index (κ1) is 23.7. The average molecular weight is 482 g/mol. The number of amides is 2. The van der Waals surface area contributed by atoms with Crippen molar-refractivity contribution in [2.75, 3.05) is 57.3 Å². The van der Waals surface area contributed by atoms with Gasteiger partial charge < -0.3 is 29.1 Å². The van der Waals surface area contributed by atoms with E-state index < -0.39 is 0 Å². The average Bonchev–Trinajstić information content (AvgIpc) is 3.51. The molecule has 3 saturated heterocycles. The molecule has 9 nitrogen and oxygen atoms in total. The van der Waals surface area contributed by atoms with Crippen LogP contribution in [0.5, 0.6) is 5.75 Å². The maximum Gasteiger partial charge on any atom is 0.242 e. The zero-order chi connectivity index (χ0) is 24.4. The number of rotatable bonds is 5. The van der Waals surface area contributed by atoms with E-state index >= 15 is 0 Å². The first-order valence-electron chi connectivity index (χ1n) is 12.8. The van der Waals surface area contributed by atoms with Crippen LogP contribution in [0.4, 0.5) is 5.69 Å². The lowest BCUT2D eigenvalue weighted by Crippen LogP contribution is -2.49. The number of hydrogen-bond acceptors (Lipinski definition) is 7. The second kappa shape index (κ2) is 10.3. The number of anilines is 1. The van der Waals surface area contributed by atoms with Gasteiger partial charge in [0.2, 0.25) is 11.8 Å². The molecule has 2 aromatic rings. The zero-order valence-electron chi connectivity index (χ0n) is 20.5. The summed E-state index contributed by atoms with van der Waals surface area (Å²) in [6.45, 7) is 7.50. The molecule has 1 aromatic heterocycles. The monoisotopic (exact) mass is 481 g/mol. The predicted molar refractivity (Wildman–Crippen MR) is 132 cm³/mol. The van der Waals surface area contributed by atoms with Crippen LogP contribution in [0.3, 0.4) is 0 Å². The van der Waals surface area contributed by atoms with Crippen molar-refractivity contribution in [3.8, 4) is 17.1 Å². The number of aromatic hydroxyl groups is 1. The van der Waals surface area contributed by atoms with Gasteiger partial charge in [-0.15, -0.1) is 0 Å². The molecule has 0 radical (unpaired) electrons. The number of nitrogens with zero attached hydrogens (tertiary/aromatic N) is 5. The van der Waals surface area contributed by atoms with Crippen LogP contribution in [-0.2, 0) is 9.59 Å². The normalized spacial score (nSPS) is 20.5. The number of oxazole rings is 1. The zero-order valence-corrected chi connectivity index (χ0v) is 20.5. The lowest BCUT2D eigenvalue weighted by atomic mass is 10.0. The summed E-state index contributed by atoms with van der Waals surface area (Å²) in [6.07, 6.45) is 6.57. The van der Waals surface area contributed by atoms with Crippen LogP contribution in [0.2, 0.25) is 0 Å². The van der Waals surface area contributed by atoms with E-state index in [0.717, 1.165) is 31.6 Å². The second-order valence-corrected chi connectivity index (χ2v) is 9.85. The lowest BCUT2D eigenvalue weighted by Gasteiger charge is -2.37. The van der Waals surface area contributed by atoms with Gasteiger partial charge in [-0.05, 0) is 50.9 Å². The van der Waals surface area contributed by atoms with Crippen molar-refractivity contribution < 1.29 is 19.1 Å². The van der Waals surface area contributed by atoms with Gasteiger partial charge in [-0.1, -0.05) is 0 Å². The maximum absolute atomic E-state index is 13.0. The molecular weight excluding hydrogens is 446 g/mol. The van der Waals surface area contributed by atoms with E-state index in [2.05, 4.69) is 14.8 Å². The van der Waals surface area contributed by atoms with Crippen LogP contribution in [0, 0.1) is 6.92 Å². The summed E-state index contributed by atoms with van der Waals surface area (Å²) in [7, 11) is 0. The molecule has 3 fully saturated rings. The summed E-state index contributed by atoms with van der Waals surface area (Å²) in [6, 6.07) is 6.03. The molecule has 35 heavy (non-hydrogen) atoms. The van der Waals surface area contributed by atoms with Gasteiger partial charge in [-0.2, -0.15) is 0 Å². The molecule has 0 spiro atoms. The Balaban J connectivity index is 1.16. The standard InChI is InChI=1S/C26H35N5O4/c1-19-27-17-24(35-19)22-5-4-21(16-23(22)32)29-13-8-25(33)31(15-14-29)18-26(34)30-11-6-20(7-12-30)28-9-2-3-10-28/h4-5,16-17,20,32H,2-3,6-15,18H2,1H3. The number of aromatic nitrogens is 1. The largest absolute Gasteiger partial charge is 0.507 e. The van der Waals surface area contributed by atoms with Crippen molar-refractivity contribution in [2.24, 2.45) is 0 Å². The summed E-state index contributed by atoms with van der Waals surface area (Å²) in [5, 5.41) is 10.6. The summed E-state index contributed by atoms with van der Waals surface area (Å²) in [4.78, 5) is 38.2. The Kier molecular flexibility index (Phi) is 6.95. The van der Waals surface area contributed by atoms with E-state index in [1.54, 1.807) is 24.1 Å². The van der Waals surface area contributed by atoms with Gasteiger partial charge in [0, 0.05) is 63.9 Å². The van der Waals surface area contributed by atoms with E-state index in [1.165, 1.54) is 25.9 Å². The lowest BCUT2D eigenvalue weighted by molar-refractivity contribution is -0.140. The molecule has 2 amide bonds. The van der Waals surface area contributed by atoms with Gasteiger partial charge in [-0.3, -0.25) is 9.59 Å². The van der Waals surface area contributed by atoms with Crippen molar-refractivity contribution in [1.29, 1.82) is 0 Å². The molecule has 9 heteroatoms. The Labute approximate surface area is 206 Å². The quantitative estimate of drug-likeness (QED) is 0.701. The fourth-order valence-electron chi connectivity index (χ4n) is 5.55. The number of aryl methyl sites for hydroxylation is 1. The number of carbonyl (C=O) groups is 2. The van der Waals surface area contributed by atoms with E-state index in [0.29, 0.717) is 49.3 Å². The number of carbonyl (C=O) groups excluding carboxylic acids is 2. The molecule has 0 bridgehead atoms. The van der Waals surface area contributed by atoms with Gasteiger partial charge in [-0.25, -0.2) is 4.98 Å². The molecule has 3 aliphatic rings. The van der Waals surface area contributed by atoms with Gasteiger partial charge in [0.15, 0.2) is 11.7 Å². The van der Waals surface area contributed by atoms with Crippen LogP contribution in [0.15, 0.2) is 28.8 Å². The van der Waals surface area contributed by atoms with Crippen molar-refractivity contribution >= 4 is 17.5 Å². The smallest absolute Gasteiger partial charge is 0.242 e. The topological polar surface area (TPSA) is 93.4 Å². The highest BCUT2D eigenvalue weighted by molar-refractivity contribution is 5.85. The SMILES string of the molecule is Cc1ncc(-c2ccc(N3CCC(=O)N(CC(=O)N4CCC(N5CCCC5)CC4)CC3)cc2O)o1. The van der Waals surface area contributed by atoms with Gasteiger partial charge >= 0.3 is 0 Å². The Morgan fingerprint density at radius 1 is 1.09 bits per heavy atom. The molecule has 0 atom stereocenters. The molecule has 3 aliphatic heterocycles. The molecular formula is C26H35N5O4. The Morgan fingerprint density at radius 2 is 1.86 bits per heavy atom. The fourth-order valence-corrected chi connectivity index (χ4v) is 5.55. The third-order valence-electron chi connectivity index (χ3n) is 7.62. The van der Waals surface area contributed by atoms with E-state index in [9.17, 15) is 14.7 Å². The van der Waals surface area contributed by atoms with Crippen molar-refractivity contribution in [3.63, 3.8) is 0 Å². The molecule has 4 heterocycles. The second-order valence-electron chi connectivity index (χ2n) is 9.85. The third kappa shape index (κ3) is 5.29. The van der Waals surface area contributed by atoms with E-state index in [-0.39, 0.29) is 24.1 Å². The van der Waals surface area contributed by atoms with Gasteiger partial charge in [0.25, 0.3) is 0 Å². The molecule has 0 saturated carbocycles. The summed E-state index contributed by atoms with van der Waals surface area (Å²) in [5.74, 6) is 1.23. The van der Waals surface area contributed by atoms with Crippen LogP contribution < -0.4 is 4.90 Å². The van der Waals surface area contributed by atoms with Gasteiger partial charge in [0.05, 0.1) is 18.3 Å². The molecule has 5 rings (SSSR count). The summed E-state index contributed by atoms with van der Waals surface area (Å²) in [5.41, 5.74) is 1.42. The Hall–Kier alpha value is -3.07.